The molecule has 2 aliphatic carbocycles. The minimum absolute atomic E-state index is 0.261. The van der Waals surface area contributed by atoms with E-state index in [4.69, 9.17) is 12.6 Å². The van der Waals surface area contributed by atoms with E-state index in [1.807, 2.05) is 35.2 Å². The van der Waals surface area contributed by atoms with E-state index in [2.05, 4.69) is 0 Å². The van der Waals surface area contributed by atoms with Gasteiger partial charge in [0, 0.05) is 12.1 Å². The summed E-state index contributed by atoms with van der Waals surface area (Å²) in [5.41, 5.74) is 0.772. The molecule has 2 saturated carbocycles. The SMILES string of the molecule is OC(/C(S)=C(\C(O)C1CCCCC1)[n+]1ccccc1)C1CCCCC1. The first-order valence-corrected chi connectivity index (χ1v) is 10.4. The molecule has 0 spiro atoms. The van der Waals surface area contributed by atoms with E-state index in [1.165, 1.54) is 38.5 Å². The van der Waals surface area contributed by atoms with Gasteiger partial charge in [0.25, 0.3) is 0 Å². The molecule has 2 fully saturated rings. The van der Waals surface area contributed by atoms with Crippen molar-refractivity contribution in [3.8, 4) is 0 Å². The Morgan fingerprint density at radius 3 is 1.76 bits per heavy atom. The van der Waals surface area contributed by atoms with Gasteiger partial charge in [-0.25, -0.2) is 0 Å². The molecule has 1 aromatic heterocycles. The lowest BCUT2D eigenvalue weighted by Gasteiger charge is -2.29. The molecule has 2 atom stereocenters. The maximum Gasteiger partial charge on any atom is 0.227 e. The van der Waals surface area contributed by atoms with Crippen molar-refractivity contribution in [3.05, 3.63) is 35.5 Å². The summed E-state index contributed by atoms with van der Waals surface area (Å²) in [4.78, 5) is 0.654. The minimum atomic E-state index is -0.579. The molecule has 1 heterocycles. The highest BCUT2D eigenvalue weighted by Crippen LogP contribution is 2.35. The fourth-order valence-corrected chi connectivity index (χ4v) is 4.95. The van der Waals surface area contributed by atoms with Crippen molar-refractivity contribution in [1.82, 2.24) is 0 Å². The molecule has 0 bridgehead atoms. The first kappa shape index (κ1) is 18.9. The van der Waals surface area contributed by atoms with E-state index < -0.39 is 12.2 Å². The molecular formula is C21H32NO2S+. The maximum absolute atomic E-state index is 11.2. The molecule has 2 unspecified atom stereocenters. The van der Waals surface area contributed by atoms with Gasteiger partial charge in [-0.2, -0.15) is 4.57 Å². The molecule has 138 valence electrons. The average Bonchev–Trinajstić information content (AvgIpc) is 2.69. The van der Waals surface area contributed by atoms with Gasteiger partial charge in [0.1, 0.15) is 6.10 Å². The van der Waals surface area contributed by atoms with Crippen molar-refractivity contribution < 1.29 is 14.8 Å². The average molecular weight is 363 g/mol. The van der Waals surface area contributed by atoms with Crippen LogP contribution in [0.2, 0.25) is 0 Å². The van der Waals surface area contributed by atoms with Crippen LogP contribution in [-0.4, -0.2) is 22.4 Å². The molecule has 3 rings (SSSR count). The molecule has 0 saturated heterocycles. The van der Waals surface area contributed by atoms with Crippen molar-refractivity contribution in [2.24, 2.45) is 11.8 Å². The third-order valence-electron chi connectivity index (χ3n) is 6.01. The Morgan fingerprint density at radius 2 is 1.24 bits per heavy atom. The van der Waals surface area contributed by atoms with Crippen LogP contribution in [0.3, 0.4) is 0 Å². The lowest BCUT2D eigenvalue weighted by atomic mass is 9.82. The number of aliphatic hydroxyl groups excluding tert-OH is 2. The first-order valence-electron chi connectivity index (χ1n) is 9.94. The largest absolute Gasteiger partial charge is 0.387 e. The molecule has 2 N–H and O–H groups in total. The zero-order chi connectivity index (χ0) is 17.6. The minimum Gasteiger partial charge on any atom is -0.387 e. The van der Waals surface area contributed by atoms with Crippen LogP contribution in [0.4, 0.5) is 0 Å². The zero-order valence-electron chi connectivity index (χ0n) is 15.1. The summed E-state index contributed by atoms with van der Waals surface area (Å²) >= 11 is 4.75. The van der Waals surface area contributed by atoms with Crippen molar-refractivity contribution in [2.45, 2.75) is 76.4 Å². The molecule has 3 nitrogen and oxygen atoms in total. The summed E-state index contributed by atoms with van der Waals surface area (Å²) in [6.07, 6.45) is 14.2. The number of hydrogen-bond donors (Lipinski definition) is 3. The second-order valence-corrected chi connectivity index (χ2v) is 8.22. The summed E-state index contributed by atoms with van der Waals surface area (Å²) < 4.78 is 1.95. The van der Waals surface area contributed by atoms with E-state index in [-0.39, 0.29) is 11.8 Å². The number of pyridine rings is 1. The second kappa shape index (κ2) is 9.20. The van der Waals surface area contributed by atoms with Gasteiger partial charge in [-0.3, -0.25) is 0 Å². The quantitative estimate of drug-likeness (QED) is 0.548. The van der Waals surface area contributed by atoms with E-state index >= 15 is 0 Å². The van der Waals surface area contributed by atoms with E-state index in [9.17, 15) is 10.2 Å². The fraction of sp³-hybridized carbons (Fsp3) is 0.667. The van der Waals surface area contributed by atoms with Crippen LogP contribution in [0.5, 0.6) is 0 Å². The van der Waals surface area contributed by atoms with Crippen LogP contribution in [0, 0.1) is 11.8 Å². The summed E-state index contributed by atoms with van der Waals surface area (Å²) in [6.45, 7) is 0. The van der Waals surface area contributed by atoms with Crippen molar-refractivity contribution in [2.75, 3.05) is 0 Å². The smallest absolute Gasteiger partial charge is 0.227 e. The second-order valence-electron chi connectivity index (χ2n) is 7.74. The predicted octanol–water partition coefficient (Wildman–Crippen LogP) is 3.95. The zero-order valence-corrected chi connectivity index (χ0v) is 16.0. The number of aliphatic hydroxyl groups is 2. The highest BCUT2D eigenvalue weighted by Gasteiger charge is 2.36. The van der Waals surface area contributed by atoms with Gasteiger partial charge in [-0.1, -0.05) is 44.6 Å². The highest BCUT2D eigenvalue weighted by atomic mass is 32.1. The monoisotopic (exact) mass is 362 g/mol. The normalized spacial score (nSPS) is 23.8. The van der Waals surface area contributed by atoms with Gasteiger partial charge in [-0.15, -0.1) is 12.6 Å². The summed E-state index contributed by atoms with van der Waals surface area (Å²) in [6, 6.07) is 5.89. The van der Waals surface area contributed by atoms with Crippen LogP contribution in [0.1, 0.15) is 64.2 Å². The summed E-state index contributed by atoms with van der Waals surface area (Å²) in [5.74, 6) is 0.524. The molecule has 0 aromatic carbocycles. The number of aromatic nitrogens is 1. The lowest BCUT2D eigenvalue weighted by Crippen LogP contribution is -2.43. The van der Waals surface area contributed by atoms with Crippen molar-refractivity contribution >= 4 is 18.3 Å². The van der Waals surface area contributed by atoms with Crippen LogP contribution in [0.15, 0.2) is 35.5 Å². The molecular weight excluding hydrogens is 330 g/mol. The molecule has 1 aromatic rings. The number of nitrogens with zero attached hydrogens (tertiary/aromatic N) is 1. The van der Waals surface area contributed by atoms with Crippen LogP contribution >= 0.6 is 12.6 Å². The first-order chi connectivity index (χ1) is 12.2. The van der Waals surface area contributed by atoms with Crippen molar-refractivity contribution in [3.63, 3.8) is 0 Å². The molecule has 0 radical (unpaired) electrons. The molecule has 25 heavy (non-hydrogen) atoms. The third-order valence-corrected chi connectivity index (χ3v) is 6.50. The Kier molecular flexibility index (Phi) is 6.97. The number of hydrogen-bond acceptors (Lipinski definition) is 3. The van der Waals surface area contributed by atoms with Gasteiger partial charge in [0.15, 0.2) is 12.4 Å². The Bertz CT molecular complexity index is 563. The van der Waals surface area contributed by atoms with E-state index in [0.717, 1.165) is 31.4 Å². The Labute approximate surface area is 157 Å². The van der Waals surface area contributed by atoms with Gasteiger partial charge in [-0.05, 0) is 37.5 Å². The van der Waals surface area contributed by atoms with E-state index in [1.54, 1.807) is 0 Å². The Balaban J connectivity index is 1.91. The predicted molar refractivity (Wildman–Crippen MR) is 104 cm³/mol. The Hall–Kier alpha value is -0.840. The summed E-state index contributed by atoms with van der Waals surface area (Å²) in [7, 11) is 0. The number of thiol groups is 1. The maximum atomic E-state index is 11.2. The highest BCUT2D eigenvalue weighted by molar-refractivity contribution is 7.84. The van der Waals surface area contributed by atoms with Gasteiger partial charge >= 0.3 is 0 Å². The standard InChI is InChI=1S/C21H31NO2S/c23-19(16-10-4-1-5-11-16)18(22-14-8-3-9-15-22)21(25)20(24)17-12-6-2-7-13-17/h3,8-9,14-17,19-20,23-24H,1-2,4-7,10-13H2/p+1/b21-18-. The van der Waals surface area contributed by atoms with E-state index in [0.29, 0.717) is 4.91 Å². The van der Waals surface area contributed by atoms with Gasteiger partial charge < -0.3 is 10.2 Å². The molecule has 0 aliphatic heterocycles. The van der Waals surface area contributed by atoms with Crippen LogP contribution in [-0.2, 0) is 0 Å². The van der Waals surface area contributed by atoms with Crippen LogP contribution in [0.25, 0.3) is 5.70 Å². The third kappa shape index (κ3) is 4.66. The van der Waals surface area contributed by atoms with Crippen molar-refractivity contribution in [1.29, 1.82) is 0 Å². The van der Waals surface area contributed by atoms with Crippen LogP contribution < -0.4 is 4.57 Å². The number of rotatable bonds is 5. The Morgan fingerprint density at radius 1 is 0.760 bits per heavy atom. The molecule has 2 aliphatic rings. The molecule has 4 heteroatoms. The molecule has 0 amide bonds. The van der Waals surface area contributed by atoms with Gasteiger partial charge in [0.05, 0.1) is 11.0 Å². The fourth-order valence-electron chi connectivity index (χ4n) is 4.49. The summed E-state index contributed by atoms with van der Waals surface area (Å²) in [5, 5.41) is 22.1. The van der Waals surface area contributed by atoms with Gasteiger partial charge in [0.2, 0.25) is 5.70 Å². The lowest BCUT2D eigenvalue weighted by molar-refractivity contribution is -0.588. The topological polar surface area (TPSA) is 44.3 Å².